The van der Waals surface area contributed by atoms with Crippen LogP contribution in [0.3, 0.4) is 0 Å². The molecule has 0 amide bonds. The van der Waals surface area contributed by atoms with Crippen molar-refractivity contribution in [3.8, 4) is 11.5 Å². The third-order valence-corrected chi connectivity index (χ3v) is 4.28. The third kappa shape index (κ3) is 5.18. The second kappa shape index (κ2) is 9.75. The lowest BCUT2D eigenvalue weighted by Crippen LogP contribution is -2.39. The predicted octanol–water partition coefficient (Wildman–Crippen LogP) is 2.68. The summed E-state index contributed by atoms with van der Waals surface area (Å²) in [6, 6.07) is 10.0. The normalized spacial score (nSPS) is 11.3. The van der Waals surface area contributed by atoms with Crippen molar-refractivity contribution < 1.29 is 9.47 Å². The van der Waals surface area contributed by atoms with Crippen molar-refractivity contribution in [1.29, 1.82) is 0 Å². The van der Waals surface area contributed by atoms with Gasteiger partial charge in [-0.25, -0.2) is 0 Å². The Balaban J connectivity index is 2.06. The minimum absolute atomic E-state index is 0.670. The van der Waals surface area contributed by atoms with Crippen molar-refractivity contribution in [2.75, 3.05) is 34.4 Å². The van der Waals surface area contributed by atoms with E-state index in [4.69, 9.17) is 14.5 Å². The summed E-state index contributed by atoms with van der Waals surface area (Å²) in [6.45, 7) is 4.39. The number of methoxy groups -OCH3 is 2. The Kier molecular flexibility index (Phi) is 7.38. The minimum Gasteiger partial charge on any atom is -0.497 e. The molecule has 6 nitrogen and oxygen atoms in total. The molecule has 0 atom stereocenters. The molecule has 0 bridgehead atoms. The fourth-order valence-corrected chi connectivity index (χ4v) is 2.81. The van der Waals surface area contributed by atoms with E-state index in [-0.39, 0.29) is 0 Å². The van der Waals surface area contributed by atoms with Gasteiger partial charge in [0, 0.05) is 39.1 Å². The van der Waals surface area contributed by atoms with Gasteiger partial charge in [0.1, 0.15) is 11.5 Å². The monoisotopic (exact) mass is 358 g/mol. The SMILES string of the molecule is CCNC(=NCCc1cc(OC)ccc1OC)N(C)Cc1cccn1C. The number of aliphatic imine (C=N–C) groups is 1. The average Bonchev–Trinajstić information content (AvgIpc) is 3.05. The van der Waals surface area contributed by atoms with Crippen LogP contribution >= 0.6 is 0 Å². The lowest BCUT2D eigenvalue weighted by molar-refractivity contribution is 0.398. The Hall–Kier alpha value is -2.63. The van der Waals surface area contributed by atoms with E-state index in [1.54, 1.807) is 14.2 Å². The molecule has 0 aliphatic heterocycles. The zero-order chi connectivity index (χ0) is 18.9. The molecule has 0 fully saturated rings. The van der Waals surface area contributed by atoms with Crippen LogP contribution in [0.15, 0.2) is 41.5 Å². The number of nitrogens with zero attached hydrogens (tertiary/aromatic N) is 3. The van der Waals surface area contributed by atoms with Crippen LogP contribution in [-0.4, -0.2) is 49.8 Å². The summed E-state index contributed by atoms with van der Waals surface area (Å²) >= 11 is 0. The summed E-state index contributed by atoms with van der Waals surface area (Å²) in [6.07, 6.45) is 2.84. The molecule has 1 heterocycles. The molecule has 0 unspecified atom stereocenters. The van der Waals surface area contributed by atoms with E-state index in [1.807, 2.05) is 18.2 Å². The first-order valence-corrected chi connectivity index (χ1v) is 8.89. The molecular formula is C20H30N4O2. The highest BCUT2D eigenvalue weighted by Gasteiger charge is 2.09. The molecule has 26 heavy (non-hydrogen) atoms. The number of ether oxygens (including phenoxy) is 2. The number of benzene rings is 1. The Morgan fingerprint density at radius 1 is 1.23 bits per heavy atom. The van der Waals surface area contributed by atoms with Gasteiger partial charge in [-0.3, -0.25) is 4.99 Å². The number of rotatable bonds is 8. The molecule has 1 aromatic carbocycles. The summed E-state index contributed by atoms with van der Waals surface area (Å²) in [5.41, 5.74) is 2.34. The lowest BCUT2D eigenvalue weighted by atomic mass is 10.1. The van der Waals surface area contributed by atoms with Gasteiger partial charge in [-0.15, -0.1) is 0 Å². The molecule has 0 saturated carbocycles. The van der Waals surface area contributed by atoms with Gasteiger partial charge in [0.2, 0.25) is 0 Å². The van der Waals surface area contributed by atoms with E-state index in [1.165, 1.54) is 5.69 Å². The Morgan fingerprint density at radius 2 is 2.04 bits per heavy atom. The smallest absolute Gasteiger partial charge is 0.194 e. The van der Waals surface area contributed by atoms with E-state index in [9.17, 15) is 0 Å². The fourth-order valence-electron chi connectivity index (χ4n) is 2.81. The van der Waals surface area contributed by atoms with Crippen LogP contribution < -0.4 is 14.8 Å². The highest BCUT2D eigenvalue weighted by Crippen LogP contribution is 2.24. The van der Waals surface area contributed by atoms with Crippen molar-refractivity contribution in [2.24, 2.45) is 12.0 Å². The van der Waals surface area contributed by atoms with Crippen LogP contribution in [-0.2, 0) is 20.0 Å². The van der Waals surface area contributed by atoms with Crippen molar-refractivity contribution in [2.45, 2.75) is 19.9 Å². The first kappa shape index (κ1) is 19.7. The van der Waals surface area contributed by atoms with Gasteiger partial charge in [-0.1, -0.05) is 0 Å². The Morgan fingerprint density at radius 3 is 2.65 bits per heavy atom. The van der Waals surface area contributed by atoms with Crippen LogP contribution in [0.25, 0.3) is 0 Å². The largest absolute Gasteiger partial charge is 0.497 e. The number of aryl methyl sites for hydroxylation is 1. The highest BCUT2D eigenvalue weighted by molar-refractivity contribution is 5.79. The summed E-state index contributed by atoms with van der Waals surface area (Å²) in [4.78, 5) is 6.92. The van der Waals surface area contributed by atoms with Crippen LogP contribution in [0.4, 0.5) is 0 Å². The van der Waals surface area contributed by atoms with Crippen molar-refractivity contribution in [1.82, 2.24) is 14.8 Å². The third-order valence-electron chi connectivity index (χ3n) is 4.28. The maximum atomic E-state index is 5.45. The first-order valence-electron chi connectivity index (χ1n) is 8.89. The number of hydrogen-bond donors (Lipinski definition) is 1. The number of hydrogen-bond acceptors (Lipinski definition) is 3. The van der Waals surface area contributed by atoms with Crippen LogP contribution in [0, 0.1) is 0 Å². The van der Waals surface area contributed by atoms with Gasteiger partial charge < -0.3 is 24.3 Å². The molecule has 0 aliphatic carbocycles. The number of aromatic nitrogens is 1. The van der Waals surface area contributed by atoms with Crippen molar-refractivity contribution >= 4 is 5.96 Å². The topological polar surface area (TPSA) is 51.0 Å². The second-order valence-corrected chi connectivity index (χ2v) is 6.13. The lowest BCUT2D eigenvalue weighted by Gasteiger charge is -2.22. The van der Waals surface area contributed by atoms with Gasteiger partial charge in [-0.2, -0.15) is 0 Å². The summed E-state index contributed by atoms with van der Waals surface area (Å²) in [5, 5.41) is 3.36. The predicted molar refractivity (Wildman–Crippen MR) is 106 cm³/mol. The first-order chi connectivity index (χ1) is 12.6. The Labute approximate surface area is 156 Å². The number of nitrogens with one attached hydrogen (secondary N) is 1. The van der Waals surface area contributed by atoms with E-state index in [2.05, 4.69) is 54.1 Å². The maximum absolute atomic E-state index is 5.45. The van der Waals surface area contributed by atoms with E-state index < -0.39 is 0 Å². The van der Waals surface area contributed by atoms with E-state index in [0.717, 1.165) is 42.5 Å². The molecule has 1 N–H and O–H groups in total. The number of guanidine groups is 1. The fraction of sp³-hybridized carbons (Fsp3) is 0.450. The molecule has 2 aromatic rings. The second-order valence-electron chi connectivity index (χ2n) is 6.13. The molecule has 2 rings (SSSR count). The molecular weight excluding hydrogens is 328 g/mol. The molecule has 1 aromatic heterocycles. The Bertz CT molecular complexity index is 724. The zero-order valence-electron chi connectivity index (χ0n) is 16.5. The highest BCUT2D eigenvalue weighted by atomic mass is 16.5. The van der Waals surface area contributed by atoms with Crippen molar-refractivity contribution in [3.05, 3.63) is 47.8 Å². The van der Waals surface area contributed by atoms with Crippen molar-refractivity contribution in [3.63, 3.8) is 0 Å². The minimum atomic E-state index is 0.670. The maximum Gasteiger partial charge on any atom is 0.194 e. The molecule has 0 saturated heterocycles. The van der Waals surface area contributed by atoms with Gasteiger partial charge in [0.15, 0.2) is 5.96 Å². The molecule has 6 heteroatoms. The van der Waals surface area contributed by atoms with Gasteiger partial charge in [0.05, 0.1) is 20.8 Å². The van der Waals surface area contributed by atoms with Gasteiger partial charge in [0.25, 0.3) is 0 Å². The summed E-state index contributed by atoms with van der Waals surface area (Å²) in [5.74, 6) is 2.59. The van der Waals surface area contributed by atoms with Gasteiger partial charge >= 0.3 is 0 Å². The van der Waals surface area contributed by atoms with Gasteiger partial charge in [-0.05, 0) is 49.2 Å². The van der Waals surface area contributed by atoms with Crippen LogP contribution in [0.5, 0.6) is 11.5 Å². The molecule has 0 spiro atoms. The van der Waals surface area contributed by atoms with E-state index in [0.29, 0.717) is 6.54 Å². The quantitative estimate of drug-likeness (QED) is 0.582. The molecule has 0 radical (unpaired) electrons. The van der Waals surface area contributed by atoms with Crippen LogP contribution in [0.2, 0.25) is 0 Å². The molecule has 0 aliphatic rings. The van der Waals surface area contributed by atoms with E-state index >= 15 is 0 Å². The summed E-state index contributed by atoms with van der Waals surface area (Å²) in [7, 11) is 7.47. The average molecular weight is 358 g/mol. The summed E-state index contributed by atoms with van der Waals surface area (Å²) < 4.78 is 12.9. The zero-order valence-corrected chi connectivity index (χ0v) is 16.5. The standard InChI is InChI=1S/C20H30N4O2/c1-6-21-20(24(3)15-17-8-7-13-23(17)2)22-12-11-16-14-18(25-4)9-10-19(16)26-5/h7-10,13-14H,6,11-12,15H2,1-5H3,(H,21,22). The van der Waals surface area contributed by atoms with Crippen LogP contribution in [0.1, 0.15) is 18.2 Å². The molecule has 142 valence electrons.